The summed E-state index contributed by atoms with van der Waals surface area (Å²) in [6.07, 6.45) is 1.54. The smallest absolute Gasteiger partial charge is 0.335 e. The number of thiophene rings is 1. The van der Waals surface area contributed by atoms with E-state index in [2.05, 4.69) is 9.97 Å². The average Bonchev–Trinajstić information content (AvgIpc) is 2.89. The van der Waals surface area contributed by atoms with Gasteiger partial charge in [-0.05, 0) is 35.7 Å². The maximum atomic E-state index is 10.8. The fourth-order valence-electron chi connectivity index (χ4n) is 1.62. The third kappa shape index (κ3) is 2.45. The number of carbonyl (C=O) groups is 1. The van der Waals surface area contributed by atoms with Crippen molar-refractivity contribution < 1.29 is 9.90 Å². The highest BCUT2D eigenvalue weighted by molar-refractivity contribution is 7.99. The Labute approximate surface area is 117 Å². The van der Waals surface area contributed by atoms with Gasteiger partial charge in [0.15, 0.2) is 0 Å². The molecule has 3 rings (SSSR count). The van der Waals surface area contributed by atoms with Crippen LogP contribution in [0.1, 0.15) is 10.4 Å². The number of hydrogen-bond acceptors (Lipinski definition) is 5. The van der Waals surface area contributed by atoms with Gasteiger partial charge < -0.3 is 5.11 Å². The molecule has 0 atom stereocenters. The van der Waals surface area contributed by atoms with Crippen molar-refractivity contribution in [1.29, 1.82) is 0 Å². The number of nitrogens with zero attached hydrogens (tertiary/aromatic N) is 2. The van der Waals surface area contributed by atoms with Gasteiger partial charge in [-0.1, -0.05) is 11.8 Å². The van der Waals surface area contributed by atoms with Crippen LogP contribution >= 0.6 is 23.1 Å². The molecule has 0 bridgehead atoms. The lowest BCUT2D eigenvalue weighted by molar-refractivity contribution is 0.0697. The van der Waals surface area contributed by atoms with Crippen LogP contribution < -0.4 is 0 Å². The summed E-state index contributed by atoms with van der Waals surface area (Å²) in [4.78, 5) is 20.2. The monoisotopic (exact) mass is 288 g/mol. The van der Waals surface area contributed by atoms with E-state index >= 15 is 0 Å². The summed E-state index contributed by atoms with van der Waals surface area (Å²) in [5.74, 6) is -0.917. The number of benzene rings is 1. The van der Waals surface area contributed by atoms with E-state index in [1.54, 1.807) is 41.9 Å². The van der Waals surface area contributed by atoms with E-state index in [1.807, 2.05) is 11.4 Å². The highest BCUT2D eigenvalue weighted by atomic mass is 32.2. The van der Waals surface area contributed by atoms with Gasteiger partial charge >= 0.3 is 5.97 Å². The van der Waals surface area contributed by atoms with Gasteiger partial charge in [-0.2, -0.15) is 0 Å². The zero-order valence-electron chi connectivity index (χ0n) is 9.61. The van der Waals surface area contributed by atoms with Crippen LogP contribution in [-0.4, -0.2) is 21.0 Å². The predicted octanol–water partition coefficient (Wildman–Crippen LogP) is 3.54. The molecule has 0 aliphatic heterocycles. The molecule has 0 amide bonds. The highest BCUT2D eigenvalue weighted by Gasteiger charge is 2.08. The number of hydrogen-bond donors (Lipinski definition) is 1. The number of carboxylic acids is 1. The van der Waals surface area contributed by atoms with E-state index in [9.17, 15) is 4.79 Å². The molecule has 1 aromatic carbocycles. The van der Waals surface area contributed by atoms with Gasteiger partial charge in [0.1, 0.15) is 11.4 Å². The van der Waals surface area contributed by atoms with Gasteiger partial charge in [-0.3, -0.25) is 0 Å². The van der Waals surface area contributed by atoms with Gasteiger partial charge in [0, 0.05) is 4.90 Å². The van der Waals surface area contributed by atoms with Crippen LogP contribution in [0, 0.1) is 0 Å². The lowest BCUT2D eigenvalue weighted by atomic mass is 10.2. The second kappa shape index (κ2) is 4.99. The van der Waals surface area contributed by atoms with Crippen LogP contribution in [0.3, 0.4) is 0 Å². The Morgan fingerprint density at radius 2 is 1.95 bits per heavy atom. The first-order valence-corrected chi connectivity index (χ1v) is 7.13. The Balaban J connectivity index is 1.92. The molecule has 0 saturated carbocycles. The minimum absolute atomic E-state index is 0.285. The lowest BCUT2D eigenvalue weighted by Crippen LogP contribution is -1.94. The molecule has 0 unspecified atom stereocenters. The summed E-state index contributed by atoms with van der Waals surface area (Å²) < 4.78 is 1.05. The molecule has 3 aromatic rings. The van der Waals surface area contributed by atoms with Crippen LogP contribution in [0.15, 0.2) is 52.0 Å². The largest absolute Gasteiger partial charge is 0.478 e. The fourth-order valence-corrected chi connectivity index (χ4v) is 3.41. The van der Waals surface area contributed by atoms with Crippen molar-refractivity contribution in [2.24, 2.45) is 0 Å². The van der Waals surface area contributed by atoms with Crippen molar-refractivity contribution in [2.45, 2.75) is 9.92 Å². The van der Waals surface area contributed by atoms with E-state index in [0.717, 1.165) is 20.1 Å². The molecule has 1 N–H and O–H groups in total. The number of aromatic nitrogens is 2. The summed E-state index contributed by atoms with van der Waals surface area (Å²) in [5, 5.41) is 11.7. The molecular formula is C13H8N2O2S2. The summed E-state index contributed by atoms with van der Waals surface area (Å²) in [6.45, 7) is 0. The Bertz CT molecular complexity index is 738. The van der Waals surface area contributed by atoms with Crippen molar-refractivity contribution in [2.75, 3.05) is 0 Å². The number of carboxylic acid groups (broad SMARTS) is 1. The first-order valence-electron chi connectivity index (χ1n) is 5.43. The quantitative estimate of drug-likeness (QED) is 0.747. The molecule has 0 spiro atoms. The Morgan fingerprint density at radius 3 is 2.68 bits per heavy atom. The summed E-state index contributed by atoms with van der Waals surface area (Å²) >= 11 is 3.11. The van der Waals surface area contributed by atoms with Crippen LogP contribution in [0.25, 0.3) is 10.2 Å². The number of rotatable bonds is 3. The Morgan fingerprint density at radius 1 is 1.16 bits per heavy atom. The first kappa shape index (κ1) is 12.1. The normalized spacial score (nSPS) is 10.7. The van der Waals surface area contributed by atoms with Gasteiger partial charge in [-0.15, -0.1) is 11.3 Å². The zero-order valence-corrected chi connectivity index (χ0v) is 11.2. The van der Waals surface area contributed by atoms with Crippen LogP contribution in [0.2, 0.25) is 0 Å². The van der Waals surface area contributed by atoms with Crippen LogP contribution in [-0.2, 0) is 0 Å². The second-order valence-electron chi connectivity index (χ2n) is 3.75. The molecule has 0 fully saturated rings. The minimum Gasteiger partial charge on any atom is -0.478 e. The van der Waals surface area contributed by atoms with Gasteiger partial charge in [0.25, 0.3) is 0 Å². The SMILES string of the molecule is O=C(O)c1ccc(Sc2ncnc3ccsc23)cc1. The zero-order chi connectivity index (χ0) is 13.2. The highest BCUT2D eigenvalue weighted by Crippen LogP contribution is 2.33. The molecule has 0 aliphatic rings. The van der Waals surface area contributed by atoms with E-state index in [1.165, 1.54) is 11.8 Å². The van der Waals surface area contributed by atoms with E-state index in [4.69, 9.17) is 5.11 Å². The van der Waals surface area contributed by atoms with Crippen molar-refractivity contribution in [1.82, 2.24) is 9.97 Å². The van der Waals surface area contributed by atoms with Gasteiger partial charge in [0.2, 0.25) is 0 Å². The van der Waals surface area contributed by atoms with Crippen LogP contribution in [0.4, 0.5) is 0 Å². The van der Waals surface area contributed by atoms with Crippen molar-refractivity contribution in [3.8, 4) is 0 Å². The first-order chi connectivity index (χ1) is 9.24. The molecule has 19 heavy (non-hydrogen) atoms. The lowest BCUT2D eigenvalue weighted by Gasteiger charge is -2.02. The Hall–Kier alpha value is -1.92. The summed E-state index contributed by atoms with van der Waals surface area (Å²) in [7, 11) is 0. The molecule has 0 saturated heterocycles. The van der Waals surface area contributed by atoms with E-state index < -0.39 is 5.97 Å². The standard InChI is InChI=1S/C13H8N2O2S2/c16-13(17)8-1-3-9(4-2-8)19-12-11-10(5-6-18-11)14-7-15-12/h1-7H,(H,16,17). The molecule has 2 heterocycles. The third-order valence-electron chi connectivity index (χ3n) is 2.53. The third-order valence-corrected chi connectivity index (χ3v) is 4.58. The topological polar surface area (TPSA) is 63.1 Å². The molecule has 0 radical (unpaired) electrons. The summed E-state index contributed by atoms with van der Waals surface area (Å²) in [6, 6.07) is 8.72. The van der Waals surface area contributed by atoms with Crippen molar-refractivity contribution in [3.63, 3.8) is 0 Å². The molecule has 6 heteroatoms. The molecule has 94 valence electrons. The fraction of sp³-hybridized carbons (Fsp3) is 0. The van der Waals surface area contributed by atoms with Crippen molar-refractivity contribution >= 4 is 39.3 Å². The van der Waals surface area contributed by atoms with Gasteiger partial charge in [0.05, 0.1) is 15.8 Å². The number of aromatic carboxylic acids is 1. The predicted molar refractivity (Wildman–Crippen MR) is 74.9 cm³/mol. The van der Waals surface area contributed by atoms with Crippen molar-refractivity contribution in [3.05, 3.63) is 47.6 Å². The maximum absolute atomic E-state index is 10.8. The van der Waals surface area contributed by atoms with Crippen LogP contribution in [0.5, 0.6) is 0 Å². The van der Waals surface area contributed by atoms with Gasteiger partial charge in [-0.25, -0.2) is 14.8 Å². The second-order valence-corrected chi connectivity index (χ2v) is 5.72. The van der Waals surface area contributed by atoms with E-state index in [0.29, 0.717) is 0 Å². The summed E-state index contributed by atoms with van der Waals surface area (Å²) in [5.41, 5.74) is 1.22. The van der Waals surface area contributed by atoms with E-state index in [-0.39, 0.29) is 5.56 Å². The maximum Gasteiger partial charge on any atom is 0.335 e. The minimum atomic E-state index is -0.917. The molecule has 0 aliphatic carbocycles. The molecule has 4 nitrogen and oxygen atoms in total. The molecule has 2 aromatic heterocycles. The molecular weight excluding hydrogens is 280 g/mol. The Kier molecular flexibility index (Phi) is 3.18. The number of fused-ring (bicyclic) bond motifs is 1. The average molecular weight is 288 g/mol.